The van der Waals surface area contributed by atoms with Crippen LogP contribution in [0.3, 0.4) is 0 Å². The van der Waals surface area contributed by atoms with Crippen molar-refractivity contribution in [1.29, 1.82) is 0 Å². The highest BCUT2D eigenvalue weighted by molar-refractivity contribution is 7.99. The normalized spacial score (nSPS) is 11.8. The third kappa shape index (κ3) is 4.35. The van der Waals surface area contributed by atoms with Gasteiger partial charge in [0.15, 0.2) is 0 Å². The molecule has 0 heterocycles. The molecule has 2 N–H and O–H groups in total. The average Bonchev–Trinajstić information content (AvgIpc) is 2.17. The van der Waals surface area contributed by atoms with Gasteiger partial charge in [0.2, 0.25) is 0 Å². The summed E-state index contributed by atoms with van der Waals surface area (Å²) in [6.45, 7) is 1.88. The summed E-state index contributed by atoms with van der Waals surface area (Å²) in [7, 11) is 0. The highest BCUT2D eigenvalue weighted by Gasteiger charge is 2.25. The van der Waals surface area contributed by atoms with E-state index >= 15 is 0 Å². The molecule has 90 valence electrons. The maximum absolute atomic E-state index is 11.9. The van der Waals surface area contributed by atoms with Crippen LogP contribution in [0.25, 0.3) is 0 Å². The van der Waals surface area contributed by atoms with E-state index in [9.17, 15) is 13.2 Å². The van der Waals surface area contributed by atoms with Crippen molar-refractivity contribution in [2.45, 2.75) is 30.8 Å². The van der Waals surface area contributed by atoms with E-state index in [1.54, 1.807) is 0 Å². The summed E-state index contributed by atoms with van der Waals surface area (Å²) in [6.07, 6.45) is -4.66. The van der Waals surface area contributed by atoms with Gasteiger partial charge in [-0.05, 0) is 30.7 Å². The SMILES string of the molecule is Cc1cccc(SCCCC(F)(F)F)c1N. The lowest BCUT2D eigenvalue weighted by Gasteiger charge is -2.08. The van der Waals surface area contributed by atoms with Crippen molar-refractivity contribution in [3.8, 4) is 0 Å². The van der Waals surface area contributed by atoms with Crippen LogP contribution in [0.2, 0.25) is 0 Å². The van der Waals surface area contributed by atoms with Gasteiger partial charge in [-0.25, -0.2) is 0 Å². The standard InChI is InChI=1S/C11H14F3NS/c1-8-4-2-5-9(10(8)15)16-7-3-6-11(12,13)14/h2,4-5H,3,6-7,15H2,1H3. The highest BCUT2D eigenvalue weighted by Crippen LogP contribution is 2.29. The van der Waals surface area contributed by atoms with Crippen molar-refractivity contribution in [1.82, 2.24) is 0 Å². The second-order valence-corrected chi connectivity index (χ2v) is 4.69. The molecule has 0 saturated heterocycles. The maximum Gasteiger partial charge on any atom is 0.389 e. The Kier molecular flexibility index (Phi) is 4.53. The average molecular weight is 249 g/mol. The van der Waals surface area contributed by atoms with Crippen LogP contribution in [0.15, 0.2) is 23.1 Å². The lowest BCUT2D eigenvalue weighted by atomic mass is 10.2. The molecule has 0 aromatic heterocycles. The fourth-order valence-corrected chi connectivity index (χ4v) is 2.23. The molecule has 0 aliphatic rings. The molecule has 0 fully saturated rings. The molecular formula is C11H14F3NS. The van der Waals surface area contributed by atoms with Gasteiger partial charge in [-0.3, -0.25) is 0 Å². The number of rotatable bonds is 4. The number of hydrogen-bond donors (Lipinski definition) is 1. The summed E-state index contributed by atoms with van der Waals surface area (Å²) in [5.41, 5.74) is 7.43. The third-order valence-corrected chi connectivity index (χ3v) is 3.31. The van der Waals surface area contributed by atoms with Gasteiger partial charge in [-0.2, -0.15) is 13.2 Å². The molecular weight excluding hydrogens is 235 g/mol. The van der Waals surface area contributed by atoms with E-state index in [0.29, 0.717) is 11.4 Å². The first-order valence-electron chi connectivity index (χ1n) is 4.95. The van der Waals surface area contributed by atoms with Crippen LogP contribution >= 0.6 is 11.8 Å². The number of benzene rings is 1. The van der Waals surface area contributed by atoms with Crippen LogP contribution in [0.5, 0.6) is 0 Å². The van der Waals surface area contributed by atoms with Crippen molar-refractivity contribution in [3.63, 3.8) is 0 Å². The molecule has 0 aliphatic carbocycles. The molecule has 0 aliphatic heterocycles. The first-order chi connectivity index (χ1) is 7.40. The predicted molar refractivity (Wildman–Crippen MR) is 61.6 cm³/mol. The number of hydrogen-bond acceptors (Lipinski definition) is 2. The molecule has 0 bridgehead atoms. The Morgan fingerprint density at radius 3 is 2.62 bits per heavy atom. The third-order valence-electron chi connectivity index (χ3n) is 2.15. The fourth-order valence-electron chi connectivity index (χ4n) is 1.23. The Bertz CT molecular complexity index is 350. The van der Waals surface area contributed by atoms with Gasteiger partial charge in [0.05, 0.1) is 0 Å². The molecule has 0 atom stereocenters. The summed E-state index contributed by atoms with van der Waals surface area (Å²) in [4.78, 5) is 0.863. The molecule has 0 unspecified atom stereocenters. The van der Waals surface area contributed by atoms with Crippen molar-refractivity contribution in [2.75, 3.05) is 11.5 Å². The fraction of sp³-hybridized carbons (Fsp3) is 0.455. The van der Waals surface area contributed by atoms with E-state index < -0.39 is 12.6 Å². The summed E-state index contributed by atoms with van der Waals surface area (Å²) in [5, 5.41) is 0. The number of nitrogens with two attached hydrogens (primary N) is 1. The zero-order chi connectivity index (χ0) is 12.2. The molecule has 5 heteroatoms. The molecule has 0 amide bonds. The van der Waals surface area contributed by atoms with E-state index in [1.165, 1.54) is 11.8 Å². The van der Waals surface area contributed by atoms with Gasteiger partial charge in [0.25, 0.3) is 0 Å². The Hall–Kier alpha value is -0.840. The van der Waals surface area contributed by atoms with Crippen LogP contribution in [-0.2, 0) is 0 Å². The van der Waals surface area contributed by atoms with Gasteiger partial charge >= 0.3 is 6.18 Å². The molecule has 16 heavy (non-hydrogen) atoms. The van der Waals surface area contributed by atoms with E-state index in [2.05, 4.69) is 0 Å². The highest BCUT2D eigenvalue weighted by atomic mass is 32.2. The largest absolute Gasteiger partial charge is 0.398 e. The first-order valence-corrected chi connectivity index (χ1v) is 5.93. The van der Waals surface area contributed by atoms with Crippen LogP contribution in [-0.4, -0.2) is 11.9 Å². The topological polar surface area (TPSA) is 26.0 Å². The second kappa shape index (κ2) is 5.48. The number of anilines is 1. The minimum atomic E-state index is -4.06. The number of thioether (sulfide) groups is 1. The summed E-state index contributed by atoms with van der Waals surface area (Å²) < 4.78 is 35.7. The van der Waals surface area contributed by atoms with Crippen molar-refractivity contribution in [3.05, 3.63) is 23.8 Å². The Balaban J connectivity index is 2.41. The molecule has 1 aromatic carbocycles. The molecule has 1 aromatic rings. The zero-order valence-corrected chi connectivity index (χ0v) is 9.79. The Morgan fingerprint density at radius 1 is 1.31 bits per heavy atom. The number of alkyl halides is 3. The van der Waals surface area contributed by atoms with Crippen molar-refractivity contribution < 1.29 is 13.2 Å². The van der Waals surface area contributed by atoms with Crippen LogP contribution in [0, 0.1) is 6.92 Å². The predicted octanol–water partition coefficient (Wildman–Crippen LogP) is 4.01. The van der Waals surface area contributed by atoms with Crippen molar-refractivity contribution >= 4 is 17.4 Å². The van der Waals surface area contributed by atoms with Gasteiger partial charge < -0.3 is 5.73 Å². The number of para-hydroxylation sites is 1. The first kappa shape index (κ1) is 13.2. The lowest BCUT2D eigenvalue weighted by molar-refractivity contribution is -0.134. The molecule has 0 radical (unpaired) electrons. The van der Waals surface area contributed by atoms with Gasteiger partial charge in [0, 0.05) is 17.0 Å². The molecule has 0 spiro atoms. The Labute approximate surface area is 97.2 Å². The minimum absolute atomic E-state index is 0.127. The summed E-state index contributed by atoms with van der Waals surface area (Å²) in [5.74, 6) is 0.438. The quantitative estimate of drug-likeness (QED) is 0.495. The summed E-state index contributed by atoms with van der Waals surface area (Å²) in [6, 6.07) is 5.58. The van der Waals surface area contributed by atoms with Crippen molar-refractivity contribution in [2.24, 2.45) is 0 Å². The molecule has 1 nitrogen and oxygen atoms in total. The zero-order valence-electron chi connectivity index (χ0n) is 8.97. The summed E-state index contributed by atoms with van der Waals surface area (Å²) >= 11 is 1.38. The number of nitrogen functional groups attached to an aromatic ring is 1. The van der Waals surface area contributed by atoms with E-state index in [1.807, 2.05) is 25.1 Å². The van der Waals surface area contributed by atoms with E-state index in [0.717, 1.165) is 10.5 Å². The number of halogens is 3. The molecule has 0 saturated carbocycles. The van der Waals surface area contributed by atoms with E-state index in [4.69, 9.17) is 5.73 Å². The lowest BCUT2D eigenvalue weighted by Crippen LogP contribution is -2.07. The van der Waals surface area contributed by atoms with Crippen LogP contribution < -0.4 is 5.73 Å². The monoisotopic (exact) mass is 249 g/mol. The smallest absolute Gasteiger partial charge is 0.389 e. The van der Waals surface area contributed by atoms with Gasteiger partial charge in [-0.1, -0.05) is 12.1 Å². The Morgan fingerprint density at radius 2 is 2.00 bits per heavy atom. The van der Waals surface area contributed by atoms with E-state index in [-0.39, 0.29) is 6.42 Å². The van der Waals surface area contributed by atoms with Gasteiger partial charge in [-0.15, -0.1) is 11.8 Å². The number of aryl methyl sites for hydroxylation is 1. The minimum Gasteiger partial charge on any atom is -0.398 e. The maximum atomic E-state index is 11.9. The van der Waals surface area contributed by atoms with Gasteiger partial charge in [0.1, 0.15) is 0 Å². The van der Waals surface area contributed by atoms with Crippen LogP contribution in [0.1, 0.15) is 18.4 Å². The van der Waals surface area contributed by atoms with Crippen LogP contribution in [0.4, 0.5) is 18.9 Å². The molecule has 1 rings (SSSR count). The second-order valence-electron chi connectivity index (χ2n) is 3.55.